The molecule has 1 aliphatic heterocycles. The first-order valence-corrected chi connectivity index (χ1v) is 10.6. The van der Waals surface area contributed by atoms with Gasteiger partial charge in [-0.15, -0.1) is 0 Å². The van der Waals surface area contributed by atoms with Crippen LogP contribution in [0.25, 0.3) is 10.8 Å². The summed E-state index contributed by atoms with van der Waals surface area (Å²) in [5, 5.41) is 4.90. The number of nitrogens with zero attached hydrogens (tertiary/aromatic N) is 3. The maximum Gasteiger partial charge on any atom is 0.271 e. The molecule has 2 amide bonds. The summed E-state index contributed by atoms with van der Waals surface area (Å²) < 4.78 is 0. The summed E-state index contributed by atoms with van der Waals surface area (Å²) in [6.07, 6.45) is 5.12. The van der Waals surface area contributed by atoms with Crippen LogP contribution < -0.4 is 5.32 Å². The number of fused-ring (bicyclic) bond motifs is 2. The van der Waals surface area contributed by atoms with Crippen LogP contribution >= 0.6 is 0 Å². The van der Waals surface area contributed by atoms with Gasteiger partial charge in [-0.1, -0.05) is 60.7 Å². The molecule has 0 aliphatic carbocycles. The first-order chi connectivity index (χ1) is 15.7. The molecule has 0 spiro atoms. The maximum absolute atomic E-state index is 13.7. The van der Waals surface area contributed by atoms with Gasteiger partial charge in [-0.2, -0.15) is 0 Å². The molecule has 2 heterocycles. The quantitative estimate of drug-likeness (QED) is 0.545. The van der Waals surface area contributed by atoms with Crippen molar-refractivity contribution in [1.82, 2.24) is 20.2 Å². The van der Waals surface area contributed by atoms with Gasteiger partial charge in [0.1, 0.15) is 5.69 Å². The van der Waals surface area contributed by atoms with Crippen molar-refractivity contribution < 1.29 is 9.59 Å². The summed E-state index contributed by atoms with van der Waals surface area (Å²) in [6.45, 7) is 0.837. The third-order valence-electron chi connectivity index (χ3n) is 5.93. The lowest BCUT2D eigenvalue weighted by Crippen LogP contribution is -2.50. The van der Waals surface area contributed by atoms with E-state index in [1.807, 2.05) is 59.5 Å². The lowest BCUT2D eigenvalue weighted by atomic mass is 9.92. The van der Waals surface area contributed by atoms with Crippen molar-refractivity contribution in [3.8, 4) is 0 Å². The number of nitrogens with one attached hydrogen (secondary N) is 1. The van der Waals surface area contributed by atoms with E-state index in [1.165, 1.54) is 24.2 Å². The largest absolute Gasteiger partial charge is 0.349 e. The van der Waals surface area contributed by atoms with Gasteiger partial charge in [0.2, 0.25) is 0 Å². The Kier molecular flexibility index (Phi) is 5.34. The van der Waals surface area contributed by atoms with E-state index >= 15 is 0 Å². The molecular formula is C26H22N4O2. The Morgan fingerprint density at radius 3 is 2.56 bits per heavy atom. The lowest BCUT2D eigenvalue weighted by Gasteiger charge is -2.37. The highest BCUT2D eigenvalue weighted by atomic mass is 16.2. The van der Waals surface area contributed by atoms with E-state index in [-0.39, 0.29) is 23.6 Å². The molecule has 6 heteroatoms. The highest BCUT2D eigenvalue weighted by Gasteiger charge is 2.31. The first-order valence-electron chi connectivity index (χ1n) is 10.6. The Hall–Kier alpha value is -4.06. The summed E-state index contributed by atoms with van der Waals surface area (Å²) >= 11 is 0. The van der Waals surface area contributed by atoms with Gasteiger partial charge in [-0.05, 0) is 34.4 Å². The molecule has 0 bridgehead atoms. The number of rotatable bonds is 4. The summed E-state index contributed by atoms with van der Waals surface area (Å²) in [6, 6.07) is 21.7. The highest BCUT2D eigenvalue weighted by molar-refractivity contribution is 6.07. The van der Waals surface area contributed by atoms with E-state index in [1.54, 1.807) is 0 Å². The highest BCUT2D eigenvalue weighted by Crippen LogP contribution is 2.27. The molecular weight excluding hydrogens is 400 g/mol. The van der Waals surface area contributed by atoms with Gasteiger partial charge in [0.25, 0.3) is 11.8 Å². The van der Waals surface area contributed by atoms with E-state index in [4.69, 9.17) is 0 Å². The van der Waals surface area contributed by atoms with Crippen molar-refractivity contribution in [3.05, 3.63) is 108 Å². The first kappa shape index (κ1) is 19.9. The zero-order chi connectivity index (χ0) is 21.9. The van der Waals surface area contributed by atoms with Gasteiger partial charge < -0.3 is 10.2 Å². The third-order valence-corrected chi connectivity index (χ3v) is 5.93. The van der Waals surface area contributed by atoms with Crippen LogP contribution in [-0.2, 0) is 13.0 Å². The van der Waals surface area contributed by atoms with Crippen LogP contribution in [0.15, 0.2) is 85.3 Å². The monoisotopic (exact) mass is 422 g/mol. The fraction of sp³-hybridized carbons (Fsp3) is 0.154. The number of carbonyl (C=O) groups is 2. The standard InChI is InChI=1S/C26H22N4O2/c31-25(24-16-27-12-13-28-24)29-15-21-14-19-7-1-2-8-20(19)17-30(21)26(32)23-11-5-9-18-6-3-4-10-22(18)23/h1-13,16,21H,14-15,17H2,(H,29,31)/t21-/m0/s1. The molecule has 0 saturated carbocycles. The summed E-state index contributed by atoms with van der Waals surface area (Å²) in [7, 11) is 0. The smallest absolute Gasteiger partial charge is 0.271 e. The Balaban J connectivity index is 1.45. The molecule has 158 valence electrons. The molecule has 5 rings (SSSR count). The second kappa shape index (κ2) is 8.59. The van der Waals surface area contributed by atoms with E-state index in [2.05, 4.69) is 27.4 Å². The number of benzene rings is 3. The van der Waals surface area contributed by atoms with Gasteiger partial charge in [0, 0.05) is 31.0 Å². The molecule has 0 saturated heterocycles. The number of hydrogen-bond donors (Lipinski definition) is 1. The fourth-order valence-electron chi connectivity index (χ4n) is 4.29. The minimum Gasteiger partial charge on any atom is -0.349 e. The van der Waals surface area contributed by atoms with E-state index in [9.17, 15) is 9.59 Å². The average Bonchev–Trinajstić information content (AvgIpc) is 2.86. The SMILES string of the molecule is O=C(NC[C@@H]1Cc2ccccc2CN1C(=O)c1cccc2ccccc12)c1cnccn1. The second-order valence-electron chi connectivity index (χ2n) is 7.89. The van der Waals surface area contributed by atoms with Crippen LogP contribution in [0.3, 0.4) is 0 Å². The molecule has 1 aromatic heterocycles. The van der Waals surface area contributed by atoms with Gasteiger partial charge in [-0.3, -0.25) is 14.6 Å². The molecule has 0 fully saturated rings. The van der Waals surface area contributed by atoms with Crippen LogP contribution in [0.2, 0.25) is 0 Å². The van der Waals surface area contributed by atoms with Crippen LogP contribution in [0, 0.1) is 0 Å². The molecule has 6 nitrogen and oxygen atoms in total. The molecule has 1 N–H and O–H groups in total. The Labute approximate surface area is 185 Å². The molecule has 1 aliphatic rings. The van der Waals surface area contributed by atoms with E-state index in [0.29, 0.717) is 25.1 Å². The van der Waals surface area contributed by atoms with Crippen molar-refractivity contribution in [1.29, 1.82) is 0 Å². The van der Waals surface area contributed by atoms with Crippen molar-refractivity contribution in [2.75, 3.05) is 6.54 Å². The molecule has 1 atom stereocenters. The van der Waals surface area contributed by atoms with Crippen LogP contribution in [0.5, 0.6) is 0 Å². The van der Waals surface area contributed by atoms with Crippen LogP contribution in [-0.4, -0.2) is 39.3 Å². The second-order valence-corrected chi connectivity index (χ2v) is 7.89. The van der Waals surface area contributed by atoms with Crippen molar-refractivity contribution >= 4 is 22.6 Å². The average molecular weight is 422 g/mol. The number of carbonyl (C=O) groups excluding carboxylic acids is 2. The molecule has 4 aromatic rings. The predicted molar refractivity (Wildman–Crippen MR) is 122 cm³/mol. The predicted octanol–water partition coefficient (Wildman–Crippen LogP) is 3.63. The Morgan fingerprint density at radius 1 is 0.938 bits per heavy atom. The van der Waals surface area contributed by atoms with Gasteiger partial charge in [-0.25, -0.2) is 4.98 Å². The van der Waals surface area contributed by atoms with E-state index < -0.39 is 0 Å². The van der Waals surface area contributed by atoms with Crippen LogP contribution in [0.4, 0.5) is 0 Å². The summed E-state index contributed by atoms with van der Waals surface area (Å²) in [5.74, 6) is -0.329. The van der Waals surface area contributed by atoms with Gasteiger partial charge >= 0.3 is 0 Å². The van der Waals surface area contributed by atoms with Crippen molar-refractivity contribution in [3.63, 3.8) is 0 Å². The fourth-order valence-corrected chi connectivity index (χ4v) is 4.29. The number of aromatic nitrogens is 2. The third kappa shape index (κ3) is 3.83. The van der Waals surface area contributed by atoms with Gasteiger partial charge in [0.05, 0.1) is 12.2 Å². The Morgan fingerprint density at radius 2 is 1.72 bits per heavy atom. The number of amides is 2. The topological polar surface area (TPSA) is 75.2 Å². The summed E-state index contributed by atoms with van der Waals surface area (Å²) in [5.41, 5.74) is 3.27. The molecule has 0 radical (unpaired) electrons. The molecule has 3 aromatic carbocycles. The molecule has 32 heavy (non-hydrogen) atoms. The minimum atomic E-state index is -0.297. The summed E-state index contributed by atoms with van der Waals surface area (Å²) in [4.78, 5) is 36.2. The van der Waals surface area contributed by atoms with Crippen molar-refractivity contribution in [2.24, 2.45) is 0 Å². The normalized spacial score (nSPS) is 15.2. The van der Waals surface area contributed by atoms with Gasteiger partial charge in [0.15, 0.2) is 0 Å². The minimum absolute atomic E-state index is 0.0324. The van der Waals surface area contributed by atoms with E-state index in [0.717, 1.165) is 16.3 Å². The lowest BCUT2D eigenvalue weighted by molar-refractivity contribution is 0.0630. The van der Waals surface area contributed by atoms with Crippen molar-refractivity contribution in [2.45, 2.75) is 19.0 Å². The molecule has 0 unspecified atom stereocenters. The zero-order valence-electron chi connectivity index (χ0n) is 17.4. The number of hydrogen-bond acceptors (Lipinski definition) is 4. The zero-order valence-corrected chi connectivity index (χ0v) is 17.4. The Bertz CT molecular complexity index is 1280. The van der Waals surface area contributed by atoms with Crippen LogP contribution in [0.1, 0.15) is 32.0 Å². The maximum atomic E-state index is 13.7.